The molecule has 1 aromatic carbocycles. The first-order valence-corrected chi connectivity index (χ1v) is 7.09. The molecule has 0 radical (unpaired) electrons. The van der Waals surface area contributed by atoms with Gasteiger partial charge in [0.05, 0.1) is 12.5 Å². The number of amides is 1. The molecule has 1 N–H and O–H groups in total. The Morgan fingerprint density at radius 3 is 2.68 bits per heavy atom. The lowest BCUT2D eigenvalue weighted by Gasteiger charge is -2.21. The number of nitrogens with zero attached hydrogens (tertiary/aromatic N) is 2. The molecule has 1 aromatic rings. The monoisotopic (exact) mass is 323 g/mol. The van der Waals surface area contributed by atoms with Gasteiger partial charge >= 0.3 is 0 Å². The predicted molar refractivity (Wildman–Crippen MR) is 79.7 cm³/mol. The third-order valence-electron chi connectivity index (χ3n) is 2.82. The van der Waals surface area contributed by atoms with Crippen LogP contribution in [0.5, 0.6) is 0 Å². The van der Waals surface area contributed by atoms with Crippen LogP contribution < -0.4 is 5.32 Å². The molecule has 0 fully saturated rings. The largest absolute Gasteiger partial charge is 0.369 e. The molecule has 0 saturated heterocycles. The van der Waals surface area contributed by atoms with Crippen LogP contribution in [0.3, 0.4) is 0 Å². The second-order valence-electron chi connectivity index (χ2n) is 4.11. The first-order chi connectivity index (χ1) is 9.10. The molecule has 1 amide bonds. The third kappa shape index (κ3) is 4.92. The Bertz CT molecular complexity index is 466. The van der Waals surface area contributed by atoms with Crippen molar-refractivity contribution < 1.29 is 4.79 Å². The second-order valence-corrected chi connectivity index (χ2v) is 5.02. The van der Waals surface area contributed by atoms with E-state index in [1.54, 1.807) is 4.90 Å². The number of hydrogen-bond acceptors (Lipinski definition) is 3. The van der Waals surface area contributed by atoms with Gasteiger partial charge in [0.1, 0.15) is 6.04 Å². The van der Waals surface area contributed by atoms with Gasteiger partial charge in [0.2, 0.25) is 5.91 Å². The number of halogens is 1. The summed E-state index contributed by atoms with van der Waals surface area (Å²) in [5, 5.41) is 12.2. The summed E-state index contributed by atoms with van der Waals surface area (Å²) in [5.41, 5.74) is 0.827. The Hall–Kier alpha value is -1.54. The first-order valence-electron chi connectivity index (χ1n) is 6.30. The molecular weight excluding hydrogens is 306 g/mol. The normalized spacial score (nSPS) is 11.5. The van der Waals surface area contributed by atoms with E-state index >= 15 is 0 Å². The number of carbonyl (C=O) groups excluding carboxylic acids is 1. The van der Waals surface area contributed by atoms with Crippen molar-refractivity contribution in [3.05, 3.63) is 28.7 Å². The minimum absolute atomic E-state index is 0.000883. The van der Waals surface area contributed by atoms with E-state index in [0.717, 1.165) is 10.2 Å². The highest BCUT2D eigenvalue weighted by molar-refractivity contribution is 9.10. The lowest BCUT2D eigenvalue weighted by atomic mass is 10.2. The molecule has 5 heteroatoms. The molecular formula is C14H18BrN3O. The van der Waals surface area contributed by atoms with Crippen LogP contribution in [-0.2, 0) is 4.79 Å². The highest BCUT2D eigenvalue weighted by Gasteiger charge is 2.16. The summed E-state index contributed by atoms with van der Waals surface area (Å²) in [7, 11) is 0. The zero-order valence-corrected chi connectivity index (χ0v) is 12.8. The molecule has 0 spiro atoms. The Morgan fingerprint density at radius 2 is 2.16 bits per heavy atom. The van der Waals surface area contributed by atoms with Crippen LogP contribution >= 0.6 is 15.9 Å². The first kappa shape index (κ1) is 15.5. The Kier molecular flexibility index (Phi) is 6.37. The van der Waals surface area contributed by atoms with Crippen LogP contribution in [0.15, 0.2) is 28.7 Å². The van der Waals surface area contributed by atoms with Gasteiger partial charge in [-0.25, -0.2) is 0 Å². The van der Waals surface area contributed by atoms with Gasteiger partial charge in [0.15, 0.2) is 0 Å². The summed E-state index contributed by atoms with van der Waals surface area (Å²) in [6, 6.07) is 9.16. The molecule has 0 aliphatic rings. The summed E-state index contributed by atoms with van der Waals surface area (Å²) >= 11 is 3.37. The number of hydrogen-bond donors (Lipinski definition) is 1. The van der Waals surface area contributed by atoms with Crippen molar-refractivity contribution in [1.82, 2.24) is 4.90 Å². The van der Waals surface area contributed by atoms with Gasteiger partial charge in [-0.15, -0.1) is 0 Å². The number of carbonyl (C=O) groups is 1. The van der Waals surface area contributed by atoms with Gasteiger partial charge in [-0.1, -0.05) is 22.0 Å². The van der Waals surface area contributed by atoms with E-state index in [1.807, 2.05) is 38.1 Å². The van der Waals surface area contributed by atoms with Crippen molar-refractivity contribution in [3.63, 3.8) is 0 Å². The number of anilines is 1. The Labute approximate surface area is 122 Å². The molecule has 0 saturated carbocycles. The maximum atomic E-state index is 12.0. The average molecular weight is 324 g/mol. The standard InChI is InChI=1S/C14H18BrN3O/c1-3-18(4-2)14(19)9-13(10-16)17-12-7-5-6-11(15)8-12/h5-8,13,17H,3-4,9H2,1-2H3. The number of benzene rings is 1. The van der Waals surface area contributed by atoms with Crippen molar-refractivity contribution in [1.29, 1.82) is 5.26 Å². The van der Waals surface area contributed by atoms with Crippen LogP contribution in [-0.4, -0.2) is 29.9 Å². The molecule has 19 heavy (non-hydrogen) atoms. The number of nitrogens with one attached hydrogen (secondary N) is 1. The van der Waals surface area contributed by atoms with E-state index < -0.39 is 6.04 Å². The van der Waals surface area contributed by atoms with Crippen LogP contribution in [0.25, 0.3) is 0 Å². The quantitative estimate of drug-likeness (QED) is 0.875. The molecule has 1 unspecified atom stereocenters. The number of rotatable bonds is 6. The van der Waals surface area contributed by atoms with Crippen molar-refractivity contribution in [2.45, 2.75) is 26.3 Å². The molecule has 0 aliphatic heterocycles. The van der Waals surface area contributed by atoms with E-state index in [0.29, 0.717) is 13.1 Å². The van der Waals surface area contributed by atoms with Gasteiger partial charge < -0.3 is 10.2 Å². The molecule has 0 bridgehead atoms. The van der Waals surface area contributed by atoms with Gasteiger partial charge in [-0.2, -0.15) is 5.26 Å². The topological polar surface area (TPSA) is 56.1 Å². The Morgan fingerprint density at radius 1 is 1.47 bits per heavy atom. The minimum Gasteiger partial charge on any atom is -0.369 e. The summed E-state index contributed by atoms with van der Waals surface area (Å²) in [6.07, 6.45) is 0.185. The second kappa shape index (κ2) is 7.80. The van der Waals surface area contributed by atoms with Crippen molar-refractivity contribution in [2.75, 3.05) is 18.4 Å². The zero-order valence-electron chi connectivity index (χ0n) is 11.2. The molecule has 0 aromatic heterocycles. The van der Waals surface area contributed by atoms with Crippen molar-refractivity contribution in [3.8, 4) is 6.07 Å². The molecule has 0 heterocycles. The van der Waals surface area contributed by atoms with Crippen LogP contribution in [0.4, 0.5) is 5.69 Å². The lowest BCUT2D eigenvalue weighted by molar-refractivity contribution is -0.130. The Balaban J connectivity index is 2.65. The zero-order chi connectivity index (χ0) is 14.3. The predicted octanol–water partition coefficient (Wildman–Crippen LogP) is 3.01. The fourth-order valence-electron chi connectivity index (χ4n) is 1.79. The molecule has 4 nitrogen and oxygen atoms in total. The summed E-state index contributed by atoms with van der Waals surface area (Å²) in [6.45, 7) is 5.21. The lowest BCUT2D eigenvalue weighted by Crippen LogP contribution is -2.34. The van der Waals surface area contributed by atoms with Gasteiger partial charge in [0, 0.05) is 23.2 Å². The van der Waals surface area contributed by atoms with E-state index in [1.165, 1.54) is 0 Å². The fourth-order valence-corrected chi connectivity index (χ4v) is 2.19. The number of nitriles is 1. The van der Waals surface area contributed by atoms with E-state index in [9.17, 15) is 4.79 Å². The summed E-state index contributed by atoms with van der Waals surface area (Å²) < 4.78 is 0.934. The van der Waals surface area contributed by atoms with Gasteiger partial charge in [-0.3, -0.25) is 4.79 Å². The van der Waals surface area contributed by atoms with Crippen LogP contribution in [0.1, 0.15) is 20.3 Å². The van der Waals surface area contributed by atoms with Crippen molar-refractivity contribution in [2.24, 2.45) is 0 Å². The van der Waals surface area contributed by atoms with Crippen molar-refractivity contribution >= 4 is 27.5 Å². The fraction of sp³-hybridized carbons (Fsp3) is 0.429. The van der Waals surface area contributed by atoms with E-state index in [2.05, 4.69) is 27.3 Å². The maximum Gasteiger partial charge on any atom is 0.225 e. The molecule has 0 aliphatic carbocycles. The van der Waals surface area contributed by atoms with Crippen LogP contribution in [0, 0.1) is 11.3 Å². The molecule has 102 valence electrons. The van der Waals surface area contributed by atoms with E-state index in [4.69, 9.17) is 5.26 Å². The summed E-state index contributed by atoms with van der Waals surface area (Å²) in [5.74, 6) is -0.000883. The van der Waals surface area contributed by atoms with Gasteiger partial charge in [-0.05, 0) is 32.0 Å². The highest BCUT2D eigenvalue weighted by Crippen LogP contribution is 2.17. The average Bonchev–Trinajstić information content (AvgIpc) is 2.39. The molecule has 1 atom stereocenters. The van der Waals surface area contributed by atoms with Gasteiger partial charge in [0.25, 0.3) is 0 Å². The van der Waals surface area contributed by atoms with E-state index in [-0.39, 0.29) is 12.3 Å². The van der Waals surface area contributed by atoms with Crippen LogP contribution in [0.2, 0.25) is 0 Å². The summed E-state index contributed by atoms with van der Waals surface area (Å²) in [4.78, 5) is 13.7. The third-order valence-corrected chi connectivity index (χ3v) is 3.31. The minimum atomic E-state index is -0.512. The SMILES string of the molecule is CCN(CC)C(=O)CC(C#N)Nc1cccc(Br)c1. The highest BCUT2D eigenvalue weighted by atomic mass is 79.9. The maximum absolute atomic E-state index is 12.0. The smallest absolute Gasteiger partial charge is 0.225 e. The molecule has 1 rings (SSSR count).